The quantitative estimate of drug-likeness (QED) is 0.328. The first-order valence-electron chi connectivity index (χ1n) is 12.6. The number of nitrogens with zero attached hydrogens (tertiary/aromatic N) is 2. The van der Waals surface area contributed by atoms with Crippen LogP contribution in [-0.4, -0.2) is 68.8 Å². The largest absolute Gasteiger partial charge is 0.478 e. The Morgan fingerprint density at radius 3 is 2.41 bits per heavy atom. The van der Waals surface area contributed by atoms with Gasteiger partial charge in [0.2, 0.25) is 5.36 Å². The van der Waals surface area contributed by atoms with Crippen molar-refractivity contribution in [2.75, 3.05) is 57.5 Å². The summed E-state index contributed by atoms with van der Waals surface area (Å²) < 4.78 is 19.9. The first-order chi connectivity index (χ1) is 18.1. The highest BCUT2D eigenvalue weighted by molar-refractivity contribution is 6.03. The molecule has 2 fully saturated rings. The first kappa shape index (κ1) is 23.7. The summed E-state index contributed by atoms with van der Waals surface area (Å²) in [6.45, 7) is 5.76. The minimum absolute atomic E-state index is 0.145. The maximum atomic E-state index is 11.6. The molecule has 2 aromatic rings. The summed E-state index contributed by atoms with van der Waals surface area (Å²) in [7, 11) is 0. The zero-order valence-electron chi connectivity index (χ0n) is 20.5. The third kappa shape index (κ3) is 4.48. The molecule has 0 spiro atoms. The number of anilines is 1. The lowest BCUT2D eigenvalue weighted by Gasteiger charge is -2.29. The third-order valence-corrected chi connectivity index (χ3v) is 7.23. The van der Waals surface area contributed by atoms with Crippen molar-refractivity contribution in [3.63, 3.8) is 0 Å². The summed E-state index contributed by atoms with van der Waals surface area (Å²) in [6.07, 6.45) is 0. The van der Waals surface area contributed by atoms with E-state index < -0.39 is 5.97 Å². The number of benzene rings is 3. The molecule has 0 bridgehead atoms. The number of carboxylic acid groups (broad SMARTS) is 1. The van der Waals surface area contributed by atoms with Gasteiger partial charge in [-0.2, -0.15) is 0 Å². The summed E-state index contributed by atoms with van der Waals surface area (Å²) >= 11 is 0. The second kappa shape index (κ2) is 9.97. The van der Waals surface area contributed by atoms with Crippen LogP contribution in [0.3, 0.4) is 0 Å². The molecule has 190 valence electrons. The Morgan fingerprint density at radius 2 is 1.65 bits per heavy atom. The number of rotatable bonds is 4. The molecule has 3 aliphatic heterocycles. The molecule has 2 aromatic carbocycles. The molecule has 6 rings (SSSR count). The number of aliphatic hydroxyl groups is 1. The zero-order valence-corrected chi connectivity index (χ0v) is 20.5. The van der Waals surface area contributed by atoms with Gasteiger partial charge in [0.1, 0.15) is 24.6 Å². The molecule has 0 radical (unpaired) electrons. The van der Waals surface area contributed by atoms with Gasteiger partial charge in [0.15, 0.2) is 13.1 Å². The van der Waals surface area contributed by atoms with E-state index in [1.165, 1.54) is 0 Å². The number of carboxylic acids is 1. The van der Waals surface area contributed by atoms with Crippen molar-refractivity contribution in [1.29, 1.82) is 0 Å². The number of aliphatic hydroxyl groups excluding tert-OH is 1. The van der Waals surface area contributed by atoms with Gasteiger partial charge in [0, 0.05) is 47.4 Å². The van der Waals surface area contributed by atoms with Gasteiger partial charge in [-0.25, -0.2) is 9.37 Å². The number of fused-ring (bicyclic) bond motifs is 2. The number of hydrogen-bond acceptors (Lipinski definition) is 6. The highest BCUT2D eigenvalue weighted by Crippen LogP contribution is 2.42. The molecule has 0 atom stereocenters. The summed E-state index contributed by atoms with van der Waals surface area (Å²) in [4.78, 5) is 13.9. The van der Waals surface area contributed by atoms with Crippen LogP contribution in [0, 0.1) is 0 Å². The fourth-order valence-corrected chi connectivity index (χ4v) is 5.30. The van der Waals surface area contributed by atoms with Gasteiger partial charge in [-0.3, -0.25) is 0 Å². The lowest BCUT2D eigenvalue weighted by atomic mass is 9.90. The van der Waals surface area contributed by atoms with E-state index in [1.54, 1.807) is 18.2 Å². The third-order valence-electron chi connectivity index (χ3n) is 7.23. The molecule has 0 unspecified atom stereocenters. The molecule has 4 aliphatic rings. The van der Waals surface area contributed by atoms with Crippen LogP contribution in [-0.2, 0) is 16.1 Å². The van der Waals surface area contributed by atoms with E-state index in [-0.39, 0.29) is 12.2 Å². The minimum Gasteiger partial charge on any atom is -0.478 e. The smallest absolute Gasteiger partial charge is 0.335 e. The number of carbonyl (C=O) groups is 1. The highest BCUT2D eigenvalue weighted by atomic mass is 16.5. The van der Waals surface area contributed by atoms with E-state index in [0.29, 0.717) is 32.0 Å². The Kier molecular flexibility index (Phi) is 6.38. The van der Waals surface area contributed by atoms with E-state index in [0.717, 1.165) is 70.6 Å². The molecule has 8 heteroatoms. The lowest BCUT2D eigenvalue weighted by Crippen LogP contribution is -2.39. The molecule has 0 saturated carbocycles. The summed E-state index contributed by atoms with van der Waals surface area (Å²) in [5.74, 6) is -0.291. The fraction of sp³-hybridized carbons (Fsp3) is 0.310. The van der Waals surface area contributed by atoms with Crippen molar-refractivity contribution < 1.29 is 28.9 Å². The molecule has 37 heavy (non-hydrogen) atoms. The fourth-order valence-electron chi connectivity index (χ4n) is 5.30. The topological polar surface area (TPSA) is 95.4 Å². The van der Waals surface area contributed by atoms with Gasteiger partial charge < -0.3 is 29.0 Å². The standard InChI is InChI=1S/C29H28N2O6/c32-18-20-15-19(29(33)34)1-4-23(20)28-24-5-2-21(30-7-11-35-12-8-30)16-26(24)37-27-17-22(3-6-25(27)28)31-9-13-36-14-10-31/h1-6,15-17,32H,7-14,18H2/p+1. The lowest BCUT2D eigenvalue weighted by molar-refractivity contribution is 0.0696. The molecule has 2 N–H and O–H groups in total. The second-order valence-corrected chi connectivity index (χ2v) is 9.37. The normalized spacial score (nSPS) is 16.5. The molecule has 8 nitrogen and oxygen atoms in total. The van der Waals surface area contributed by atoms with Crippen LogP contribution >= 0.6 is 0 Å². The van der Waals surface area contributed by atoms with Gasteiger partial charge in [0.25, 0.3) is 0 Å². The van der Waals surface area contributed by atoms with E-state index in [4.69, 9.17) is 13.9 Å². The highest BCUT2D eigenvalue weighted by Gasteiger charge is 2.23. The Balaban J connectivity index is 1.61. The average molecular weight is 502 g/mol. The summed E-state index contributed by atoms with van der Waals surface area (Å²) in [5.41, 5.74) is 5.11. The predicted octanol–water partition coefficient (Wildman–Crippen LogP) is 3.03. The number of hydrogen-bond donors (Lipinski definition) is 2. The van der Waals surface area contributed by atoms with Crippen LogP contribution in [0.5, 0.6) is 0 Å². The van der Waals surface area contributed by atoms with Gasteiger partial charge >= 0.3 is 5.97 Å². The predicted molar refractivity (Wildman–Crippen MR) is 140 cm³/mol. The van der Waals surface area contributed by atoms with Gasteiger partial charge in [0.05, 0.1) is 31.5 Å². The zero-order chi connectivity index (χ0) is 25.4. The van der Waals surface area contributed by atoms with Crippen molar-refractivity contribution in [3.8, 4) is 22.5 Å². The van der Waals surface area contributed by atoms with Crippen molar-refractivity contribution >= 4 is 22.6 Å². The molecule has 2 saturated heterocycles. The molecule has 3 heterocycles. The maximum Gasteiger partial charge on any atom is 0.335 e. The van der Waals surface area contributed by atoms with Crippen LogP contribution < -0.4 is 14.8 Å². The SMILES string of the molecule is O=C(O)c1ccc(-c2c3ccc(=[N+]4CCOCC4)cc-3oc3cc(N4CCOCC4)ccc23)c(CO)c1. The Bertz CT molecular complexity index is 1510. The van der Waals surface area contributed by atoms with Crippen LogP contribution in [0.4, 0.5) is 5.69 Å². The van der Waals surface area contributed by atoms with Crippen molar-refractivity contribution in [2.45, 2.75) is 6.61 Å². The number of morpholine rings is 2. The average Bonchev–Trinajstić information content (AvgIpc) is 2.96. The van der Waals surface area contributed by atoms with Crippen molar-refractivity contribution in [3.05, 3.63) is 71.1 Å². The summed E-state index contributed by atoms with van der Waals surface area (Å²) in [6, 6.07) is 17.3. The molecule has 1 aliphatic carbocycles. The van der Waals surface area contributed by atoms with E-state index in [9.17, 15) is 15.0 Å². The van der Waals surface area contributed by atoms with Crippen LogP contribution in [0.2, 0.25) is 0 Å². The molecular formula is C29H29N2O6+. The Morgan fingerprint density at radius 1 is 0.892 bits per heavy atom. The maximum absolute atomic E-state index is 11.6. The monoisotopic (exact) mass is 501 g/mol. The minimum atomic E-state index is -1.02. The van der Waals surface area contributed by atoms with Gasteiger partial charge in [-0.05, 0) is 41.5 Å². The van der Waals surface area contributed by atoms with Crippen LogP contribution in [0.15, 0.2) is 59.0 Å². The van der Waals surface area contributed by atoms with E-state index in [1.807, 2.05) is 0 Å². The van der Waals surface area contributed by atoms with Crippen molar-refractivity contribution in [1.82, 2.24) is 4.58 Å². The number of ether oxygens (including phenoxy) is 2. The molecule has 0 amide bonds. The summed E-state index contributed by atoms with van der Waals surface area (Å²) in [5, 5.41) is 21.7. The van der Waals surface area contributed by atoms with Crippen LogP contribution in [0.25, 0.3) is 33.4 Å². The molecule has 0 aromatic heterocycles. The van der Waals surface area contributed by atoms with E-state index >= 15 is 0 Å². The van der Waals surface area contributed by atoms with E-state index in [2.05, 4.69) is 45.9 Å². The van der Waals surface area contributed by atoms with Crippen molar-refractivity contribution in [2.24, 2.45) is 0 Å². The van der Waals surface area contributed by atoms with Crippen LogP contribution in [0.1, 0.15) is 15.9 Å². The first-order valence-corrected chi connectivity index (χ1v) is 12.6. The Labute approximate surface area is 213 Å². The number of aromatic carboxylic acids is 1. The second-order valence-electron chi connectivity index (χ2n) is 9.37. The van der Waals surface area contributed by atoms with Gasteiger partial charge in [-0.1, -0.05) is 6.07 Å². The molecular weight excluding hydrogens is 472 g/mol. The Hall–Kier alpha value is -3.72. The van der Waals surface area contributed by atoms with Gasteiger partial charge in [-0.15, -0.1) is 0 Å².